The zero-order valence-electron chi connectivity index (χ0n) is 15.1. The maximum absolute atomic E-state index is 12.6. The Morgan fingerprint density at radius 3 is 2.59 bits per heavy atom. The van der Waals surface area contributed by atoms with Crippen LogP contribution in [0.3, 0.4) is 0 Å². The molecule has 0 spiro atoms. The molecule has 0 radical (unpaired) electrons. The first kappa shape index (κ1) is 19.1. The molecule has 1 fully saturated rings. The monoisotopic (exact) mass is 386 g/mol. The van der Waals surface area contributed by atoms with E-state index >= 15 is 0 Å². The van der Waals surface area contributed by atoms with Crippen LogP contribution >= 0.6 is 0 Å². The van der Waals surface area contributed by atoms with E-state index in [1.807, 2.05) is 24.3 Å². The average molecular weight is 386 g/mol. The van der Waals surface area contributed by atoms with Crippen LogP contribution in [0.1, 0.15) is 18.4 Å². The van der Waals surface area contributed by atoms with Crippen LogP contribution in [0.2, 0.25) is 0 Å². The summed E-state index contributed by atoms with van der Waals surface area (Å²) in [5.41, 5.74) is 1.21. The molecule has 1 aliphatic heterocycles. The molecule has 0 unspecified atom stereocenters. The van der Waals surface area contributed by atoms with E-state index in [0.717, 1.165) is 18.4 Å². The third-order valence-electron chi connectivity index (χ3n) is 4.36. The van der Waals surface area contributed by atoms with Crippen molar-refractivity contribution in [2.24, 2.45) is 0 Å². The minimum atomic E-state index is -3.51. The van der Waals surface area contributed by atoms with Crippen molar-refractivity contribution < 1.29 is 17.9 Å². The maximum Gasteiger partial charge on any atom is 0.248 e. The van der Waals surface area contributed by atoms with Gasteiger partial charge in [0.05, 0.1) is 12.0 Å². The fraction of sp³-hybridized carbons (Fsp3) is 0.250. The van der Waals surface area contributed by atoms with E-state index in [1.54, 1.807) is 31.4 Å². The summed E-state index contributed by atoms with van der Waals surface area (Å²) >= 11 is 0. The molecule has 1 amide bonds. The normalized spacial score (nSPS) is 15.1. The molecule has 27 heavy (non-hydrogen) atoms. The maximum atomic E-state index is 12.6. The highest BCUT2D eigenvalue weighted by molar-refractivity contribution is 7.89. The van der Waals surface area contributed by atoms with E-state index in [0.29, 0.717) is 24.5 Å². The summed E-state index contributed by atoms with van der Waals surface area (Å²) in [6, 6.07) is 13.7. The van der Waals surface area contributed by atoms with Crippen molar-refractivity contribution in [3.8, 4) is 5.75 Å². The smallest absolute Gasteiger partial charge is 0.248 e. The van der Waals surface area contributed by atoms with Crippen molar-refractivity contribution in [2.75, 3.05) is 25.5 Å². The molecule has 0 saturated carbocycles. The highest BCUT2D eigenvalue weighted by atomic mass is 32.2. The van der Waals surface area contributed by atoms with Crippen LogP contribution in [0.25, 0.3) is 6.08 Å². The summed E-state index contributed by atoms with van der Waals surface area (Å²) in [5, 5.41) is 2.70. The Kier molecular flexibility index (Phi) is 5.93. The van der Waals surface area contributed by atoms with Gasteiger partial charge >= 0.3 is 0 Å². The van der Waals surface area contributed by atoms with Crippen molar-refractivity contribution in [1.29, 1.82) is 0 Å². The molecule has 1 heterocycles. The predicted molar refractivity (Wildman–Crippen MR) is 105 cm³/mol. The van der Waals surface area contributed by atoms with Crippen molar-refractivity contribution in [1.82, 2.24) is 4.31 Å². The molecule has 0 aliphatic carbocycles. The van der Waals surface area contributed by atoms with E-state index in [-0.39, 0.29) is 10.8 Å². The fourth-order valence-electron chi connectivity index (χ4n) is 2.97. The minimum Gasteiger partial charge on any atom is -0.496 e. The number of nitrogens with zero attached hydrogens (tertiary/aromatic N) is 1. The van der Waals surface area contributed by atoms with Crippen molar-refractivity contribution in [2.45, 2.75) is 17.7 Å². The minimum absolute atomic E-state index is 0.191. The highest BCUT2D eigenvalue weighted by Gasteiger charge is 2.27. The van der Waals surface area contributed by atoms with Gasteiger partial charge in [0.1, 0.15) is 5.75 Å². The lowest BCUT2D eigenvalue weighted by molar-refractivity contribution is -0.111. The van der Waals surface area contributed by atoms with Gasteiger partial charge in [0.25, 0.3) is 0 Å². The van der Waals surface area contributed by atoms with Gasteiger partial charge in [-0.05, 0) is 43.2 Å². The Hall–Kier alpha value is -2.64. The van der Waals surface area contributed by atoms with Gasteiger partial charge in [-0.25, -0.2) is 8.42 Å². The number of hydrogen-bond acceptors (Lipinski definition) is 4. The number of amides is 1. The third-order valence-corrected chi connectivity index (χ3v) is 6.25. The van der Waals surface area contributed by atoms with Crippen LogP contribution < -0.4 is 10.1 Å². The van der Waals surface area contributed by atoms with Crippen LogP contribution in [-0.4, -0.2) is 38.8 Å². The summed E-state index contributed by atoms with van der Waals surface area (Å²) < 4.78 is 32.0. The number of ether oxygens (including phenoxy) is 1. The summed E-state index contributed by atoms with van der Waals surface area (Å²) in [6.07, 6.45) is 4.80. The number of rotatable bonds is 6. The fourth-order valence-corrected chi connectivity index (χ4v) is 4.53. The van der Waals surface area contributed by atoms with Gasteiger partial charge in [0.2, 0.25) is 15.9 Å². The lowest BCUT2D eigenvalue weighted by Gasteiger charge is -2.16. The van der Waals surface area contributed by atoms with Gasteiger partial charge in [-0.3, -0.25) is 4.79 Å². The number of methoxy groups -OCH3 is 1. The Labute approximate surface area is 159 Å². The Balaban J connectivity index is 1.72. The Bertz CT molecular complexity index is 948. The number of sulfonamides is 1. The van der Waals surface area contributed by atoms with Gasteiger partial charge in [0.15, 0.2) is 0 Å². The molecule has 1 aliphatic rings. The third kappa shape index (κ3) is 4.56. The summed E-state index contributed by atoms with van der Waals surface area (Å²) in [4.78, 5) is 12.4. The SMILES string of the molecule is COc1ccccc1/C=C/C(=O)Nc1cccc(S(=O)(=O)N2CCCC2)c1. The van der Waals surface area contributed by atoms with E-state index in [1.165, 1.54) is 16.4 Å². The Morgan fingerprint density at radius 2 is 1.85 bits per heavy atom. The molecule has 0 bridgehead atoms. The van der Waals surface area contributed by atoms with Gasteiger partial charge in [0, 0.05) is 30.4 Å². The van der Waals surface area contributed by atoms with Gasteiger partial charge < -0.3 is 10.1 Å². The van der Waals surface area contributed by atoms with Crippen LogP contribution in [0.15, 0.2) is 59.5 Å². The quantitative estimate of drug-likeness (QED) is 0.774. The zero-order valence-corrected chi connectivity index (χ0v) is 15.9. The lowest BCUT2D eigenvalue weighted by Crippen LogP contribution is -2.27. The molecule has 6 nitrogen and oxygen atoms in total. The first-order chi connectivity index (χ1) is 13.0. The van der Waals surface area contributed by atoms with E-state index < -0.39 is 10.0 Å². The first-order valence-electron chi connectivity index (χ1n) is 8.73. The molecular weight excluding hydrogens is 364 g/mol. The molecule has 7 heteroatoms. The van der Waals surface area contributed by atoms with E-state index in [2.05, 4.69) is 5.32 Å². The van der Waals surface area contributed by atoms with E-state index in [9.17, 15) is 13.2 Å². The number of carbonyl (C=O) groups is 1. The molecule has 1 N–H and O–H groups in total. The number of anilines is 1. The summed E-state index contributed by atoms with van der Waals surface area (Å²) in [7, 11) is -1.95. The highest BCUT2D eigenvalue weighted by Crippen LogP contribution is 2.23. The predicted octanol–water partition coefficient (Wildman–Crippen LogP) is 3.13. The van der Waals surface area contributed by atoms with Crippen LogP contribution in [0.5, 0.6) is 5.75 Å². The number of benzene rings is 2. The molecule has 142 valence electrons. The van der Waals surface area contributed by atoms with Crippen LogP contribution in [0.4, 0.5) is 5.69 Å². The standard InChI is InChI=1S/C20H22N2O4S/c1-26-19-10-3-2-7-16(19)11-12-20(23)21-17-8-6-9-18(15-17)27(24,25)22-13-4-5-14-22/h2-3,6-12,15H,4-5,13-14H2,1H3,(H,21,23)/b12-11+. The summed E-state index contributed by atoms with van der Waals surface area (Å²) in [6.45, 7) is 1.08. The number of carbonyl (C=O) groups excluding carboxylic acids is 1. The van der Waals surface area contributed by atoms with Crippen molar-refractivity contribution >= 4 is 27.7 Å². The molecule has 0 aromatic heterocycles. The number of hydrogen-bond donors (Lipinski definition) is 1. The summed E-state index contributed by atoms with van der Waals surface area (Å²) in [5.74, 6) is 0.317. The van der Waals surface area contributed by atoms with E-state index in [4.69, 9.17) is 4.74 Å². The lowest BCUT2D eigenvalue weighted by atomic mass is 10.2. The van der Waals surface area contributed by atoms with Crippen molar-refractivity contribution in [3.63, 3.8) is 0 Å². The molecule has 3 rings (SSSR count). The first-order valence-corrected chi connectivity index (χ1v) is 10.2. The molecule has 1 saturated heterocycles. The largest absolute Gasteiger partial charge is 0.496 e. The second-order valence-electron chi connectivity index (χ2n) is 6.20. The van der Waals surface area contributed by atoms with Crippen LogP contribution in [-0.2, 0) is 14.8 Å². The second kappa shape index (κ2) is 8.37. The van der Waals surface area contributed by atoms with Gasteiger partial charge in [-0.2, -0.15) is 4.31 Å². The number of para-hydroxylation sites is 1. The molecule has 2 aromatic rings. The molecular formula is C20H22N2O4S. The van der Waals surface area contributed by atoms with Gasteiger partial charge in [-0.15, -0.1) is 0 Å². The van der Waals surface area contributed by atoms with Gasteiger partial charge in [-0.1, -0.05) is 24.3 Å². The second-order valence-corrected chi connectivity index (χ2v) is 8.14. The zero-order chi connectivity index (χ0) is 19.3. The molecule has 2 aromatic carbocycles. The number of nitrogens with one attached hydrogen (secondary N) is 1. The average Bonchev–Trinajstić information content (AvgIpc) is 3.22. The Morgan fingerprint density at radius 1 is 1.11 bits per heavy atom. The topological polar surface area (TPSA) is 75.7 Å². The molecule has 0 atom stereocenters. The van der Waals surface area contributed by atoms with Crippen LogP contribution in [0, 0.1) is 0 Å². The van der Waals surface area contributed by atoms with Crippen molar-refractivity contribution in [3.05, 3.63) is 60.2 Å².